The molecule has 1 aromatic heterocycles. The zero-order valence-corrected chi connectivity index (χ0v) is 9.67. The fraction of sp³-hybridized carbons (Fsp3) is 0.0833. The monoisotopic (exact) mass is 251 g/mol. The third kappa shape index (κ3) is 3.04. The number of nitrogens with two attached hydrogens (primary N) is 1. The molecule has 2 N–H and O–H groups in total. The van der Waals surface area contributed by atoms with Gasteiger partial charge >= 0.3 is 5.97 Å². The number of anilines is 1. The van der Waals surface area contributed by atoms with Crippen molar-refractivity contribution in [1.82, 2.24) is 0 Å². The van der Waals surface area contributed by atoms with Crippen molar-refractivity contribution in [2.75, 3.05) is 5.73 Å². The van der Waals surface area contributed by atoms with E-state index < -0.39 is 11.8 Å². The first-order valence-corrected chi connectivity index (χ1v) is 5.84. The predicted octanol–water partition coefficient (Wildman–Crippen LogP) is 2.83. The summed E-state index contributed by atoms with van der Waals surface area (Å²) in [5.74, 6) is -1.13. The van der Waals surface area contributed by atoms with Crippen LogP contribution in [-0.2, 0) is 11.3 Å². The summed E-state index contributed by atoms with van der Waals surface area (Å²) in [6.45, 7) is 0.179. The van der Waals surface area contributed by atoms with Crippen molar-refractivity contribution in [3.8, 4) is 0 Å². The molecule has 0 aliphatic carbocycles. The summed E-state index contributed by atoms with van der Waals surface area (Å²) in [6.07, 6.45) is 0. The maximum absolute atomic E-state index is 13.0. The van der Waals surface area contributed by atoms with Crippen molar-refractivity contribution in [3.63, 3.8) is 0 Å². The predicted molar refractivity (Wildman–Crippen MR) is 64.3 cm³/mol. The van der Waals surface area contributed by atoms with E-state index in [1.807, 2.05) is 16.8 Å². The van der Waals surface area contributed by atoms with Crippen LogP contribution in [0.4, 0.5) is 10.1 Å². The maximum Gasteiger partial charge on any atom is 0.338 e. The Morgan fingerprint density at radius 2 is 2.24 bits per heavy atom. The third-order valence-electron chi connectivity index (χ3n) is 2.11. The van der Waals surface area contributed by atoms with Gasteiger partial charge in [-0.05, 0) is 35.0 Å². The molecule has 3 nitrogen and oxygen atoms in total. The molecule has 1 heterocycles. The van der Waals surface area contributed by atoms with Crippen molar-refractivity contribution >= 4 is 23.0 Å². The Balaban J connectivity index is 2.04. The van der Waals surface area contributed by atoms with E-state index in [9.17, 15) is 9.18 Å². The lowest BCUT2D eigenvalue weighted by Crippen LogP contribution is -2.06. The van der Waals surface area contributed by atoms with E-state index in [0.717, 1.165) is 17.7 Å². The van der Waals surface area contributed by atoms with Gasteiger partial charge in [0.05, 0.1) is 5.56 Å². The lowest BCUT2D eigenvalue weighted by atomic mass is 10.2. The van der Waals surface area contributed by atoms with Gasteiger partial charge in [-0.25, -0.2) is 9.18 Å². The summed E-state index contributed by atoms with van der Waals surface area (Å²) in [5.41, 5.74) is 6.68. The SMILES string of the molecule is Nc1cc(F)cc(C(=O)OCc2ccsc2)c1. The first-order valence-electron chi connectivity index (χ1n) is 4.89. The van der Waals surface area contributed by atoms with Gasteiger partial charge in [-0.2, -0.15) is 11.3 Å². The summed E-state index contributed by atoms with van der Waals surface area (Å²) in [4.78, 5) is 11.6. The van der Waals surface area contributed by atoms with Gasteiger partial charge in [-0.15, -0.1) is 0 Å². The van der Waals surface area contributed by atoms with E-state index in [0.29, 0.717) is 0 Å². The average Bonchev–Trinajstić information content (AvgIpc) is 2.77. The molecule has 2 rings (SSSR count). The molecule has 0 fully saturated rings. The van der Waals surface area contributed by atoms with Gasteiger partial charge in [-0.3, -0.25) is 0 Å². The summed E-state index contributed by atoms with van der Waals surface area (Å²) in [5, 5.41) is 3.77. The zero-order chi connectivity index (χ0) is 12.3. The molecule has 1 aromatic carbocycles. The number of esters is 1. The minimum absolute atomic E-state index is 0.123. The molecular weight excluding hydrogens is 241 g/mol. The normalized spacial score (nSPS) is 10.2. The number of carbonyl (C=O) groups excluding carboxylic acids is 1. The number of benzene rings is 1. The first-order chi connectivity index (χ1) is 8.15. The van der Waals surface area contributed by atoms with Crippen LogP contribution >= 0.6 is 11.3 Å². The Kier molecular flexibility index (Phi) is 3.39. The largest absolute Gasteiger partial charge is 0.457 e. The van der Waals surface area contributed by atoms with Crippen LogP contribution in [0.2, 0.25) is 0 Å². The van der Waals surface area contributed by atoms with Crippen molar-refractivity contribution in [3.05, 3.63) is 52.0 Å². The number of carbonyl (C=O) groups is 1. The molecule has 0 aliphatic rings. The van der Waals surface area contributed by atoms with E-state index in [2.05, 4.69) is 0 Å². The van der Waals surface area contributed by atoms with E-state index in [4.69, 9.17) is 10.5 Å². The second-order valence-corrected chi connectivity index (χ2v) is 4.26. The summed E-state index contributed by atoms with van der Waals surface area (Å²) < 4.78 is 18.0. The number of thiophene rings is 1. The number of nitrogen functional groups attached to an aromatic ring is 1. The van der Waals surface area contributed by atoms with Gasteiger partial charge in [0.25, 0.3) is 0 Å². The fourth-order valence-electron chi connectivity index (χ4n) is 1.34. The quantitative estimate of drug-likeness (QED) is 0.674. The summed E-state index contributed by atoms with van der Waals surface area (Å²) >= 11 is 1.52. The average molecular weight is 251 g/mol. The highest BCUT2D eigenvalue weighted by atomic mass is 32.1. The number of halogens is 1. The van der Waals surface area contributed by atoms with Crippen LogP contribution in [0.15, 0.2) is 35.0 Å². The molecule has 5 heteroatoms. The minimum Gasteiger partial charge on any atom is -0.457 e. The molecule has 0 bridgehead atoms. The van der Waals surface area contributed by atoms with Crippen LogP contribution in [0.25, 0.3) is 0 Å². The minimum atomic E-state index is -0.581. The number of hydrogen-bond acceptors (Lipinski definition) is 4. The fourth-order valence-corrected chi connectivity index (χ4v) is 1.99. The number of ether oxygens (including phenoxy) is 1. The van der Waals surface area contributed by atoms with Gasteiger partial charge in [0.15, 0.2) is 0 Å². The molecule has 0 radical (unpaired) electrons. The van der Waals surface area contributed by atoms with Crippen molar-refractivity contribution in [2.24, 2.45) is 0 Å². The molecule has 88 valence electrons. The molecule has 0 unspecified atom stereocenters. The van der Waals surface area contributed by atoms with Gasteiger partial charge in [0, 0.05) is 11.3 Å². The van der Waals surface area contributed by atoms with E-state index >= 15 is 0 Å². The summed E-state index contributed by atoms with van der Waals surface area (Å²) in [7, 11) is 0. The molecule has 0 spiro atoms. The molecule has 0 saturated heterocycles. The van der Waals surface area contributed by atoms with Gasteiger partial charge < -0.3 is 10.5 Å². The third-order valence-corrected chi connectivity index (χ3v) is 2.84. The first kappa shape index (κ1) is 11.6. The molecule has 17 heavy (non-hydrogen) atoms. The number of hydrogen-bond donors (Lipinski definition) is 1. The molecule has 0 atom stereocenters. The highest BCUT2D eigenvalue weighted by Crippen LogP contribution is 2.13. The second-order valence-electron chi connectivity index (χ2n) is 3.48. The van der Waals surface area contributed by atoms with Crippen LogP contribution in [0.3, 0.4) is 0 Å². The topological polar surface area (TPSA) is 52.3 Å². The Hall–Kier alpha value is -1.88. The molecule has 2 aromatic rings. The van der Waals surface area contributed by atoms with Crippen LogP contribution in [0.1, 0.15) is 15.9 Å². The molecule has 0 saturated carbocycles. The van der Waals surface area contributed by atoms with Crippen LogP contribution in [0.5, 0.6) is 0 Å². The smallest absolute Gasteiger partial charge is 0.338 e. The van der Waals surface area contributed by atoms with E-state index in [-0.39, 0.29) is 17.9 Å². The second kappa shape index (κ2) is 4.97. The van der Waals surface area contributed by atoms with Gasteiger partial charge in [0.2, 0.25) is 0 Å². The van der Waals surface area contributed by atoms with Crippen LogP contribution < -0.4 is 5.73 Å². The van der Waals surface area contributed by atoms with Gasteiger partial charge in [0.1, 0.15) is 12.4 Å². The van der Waals surface area contributed by atoms with Crippen molar-refractivity contribution < 1.29 is 13.9 Å². The van der Waals surface area contributed by atoms with Crippen molar-refractivity contribution in [1.29, 1.82) is 0 Å². The van der Waals surface area contributed by atoms with E-state index in [1.165, 1.54) is 17.4 Å². The maximum atomic E-state index is 13.0. The Labute approximate surface area is 102 Å². The van der Waals surface area contributed by atoms with Crippen LogP contribution in [-0.4, -0.2) is 5.97 Å². The highest BCUT2D eigenvalue weighted by molar-refractivity contribution is 7.07. The number of rotatable bonds is 3. The Morgan fingerprint density at radius 1 is 1.41 bits per heavy atom. The molecular formula is C12H10FNO2S. The molecule has 0 amide bonds. The van der Waals surface area contributed by atoms with E-state index in [1.54, 1.807) is 0 Å². The van der Waals surface area contributed by atoms with Gasteiger partial charge in [-0.1, -0.05) is 0 Å². The Bertz CT molecular complexity index is 505. The standard InChI is InChI=1S/C12H10FNO2S/c13-10-3-9(4-11(14)5-10)12(15)16-6-8-1-2-17-7-8/h1-5,7H,6,14H2. The molecule has 0 aliphatic heterocycles. The Morgan fingerprint density at radius 3 is 2.88 bits per heavy atom. The van der Waals surface area contributed by atoms with Crippen LogP contribution in [0, 0.1) is 5.82 Å². The lowest BCUT2D eigenvalue weighted by molar-refractivity contribution is 0.0472. The lowest BCUT2D eigenvalue weighted by Gasteiger charge is -2.04. The zero-order valence-electron chi connectivity index (χ0n) is 8.85. The summed E-state index contributed by atoms with van der Waals surface area (Å²) in [6, 6.07) is 5.50. The van der Waals surface area contributed by atoms with Crippen molar-refractivity contribution in [2.45, 2.75) is 6.61 Å². The highest BCUT2D eigenvalue weighted by Gasteiger charge is 2.09.